The molecule has 0 aliphatic carbocycles. The van der Waals surface area contributed by atoms with Gasteiger partial charge in [-0.05, 0) is 27.1 Å². The van der Waals surface area contributed by atoms with E-state index >= 15 is 0 Å². The van der Waals surface area contributed by atoms with Gasteiger partial charge in [-0.25, -0.2) is 4.63 Å². The van der Waals surface area contributed by atoms with Crippen LogP contribution in [0.25, 0.3) is 0 Å². The van der Waals surface area contributed by atoms with Crippen molar-refractivity contribution in [2.75, 3.05) is 5.73 Å². The van der Waals surface area contributed by atoms with E-state index in [-0.39, 0.29) is 16.7 Å². The SMILES string of the molecule is Nc1nonc1/C(Cl)=[NH+]/O. The number of halogens is 1. The number of nitrogens with zero attached hydrogens (tertiary/aromatic N) is 2. The van der Waals surface area contributed by atoms with Gasteiger partial charge in [0.2, 0.25) is 11.5 Å². The lowest BCUT2D eigenvalue weighted by Gasteiger charge is -1.78. The van der Waals surface area contributed by atoms with E-state index in [9.17, 15) is 0 Å². The first-order valence-electron chi connectivity index (χ1n) is 2.26. The van der Waals surface area contributed by atoms with Crippen molar-refractivity contribution in [1.82, 2.24) is 10.3 Å². The quantitative estimate of drug-likeness (QED) is 0.255. The molecule has 10 heavy (non-hydrogen) atoms. The molecule has 1 rings (SSSR count). The van der Waals surface area contributed by atoms with E-state index in [0.717, 1.165) is 0 Å². The van der Waals surface area contributed by atoms with E-state index in [1.165, 1.54) is 0 Å². The van der Waals surface area contributed by atoms with Crippen LogP contribution in [-0.2, 0) is 0 Å². The fourth-order valence-electron chi connectivity index (χ4n) is 0.401. The Hall–Kier alpha value is -1.30. The van der Waals surface area contributed by atoms with E-state index in [1.54, 1.807) is 5.16 Å². The van der Waals surface area contributed by atoms with Gasteiger partial charge in [0.05, 0.1) is 0 Å². The minimum atomic E-state index is -0.126. The third-order valence-electron chi connectivity index (χ3n) is 0.820. The van der Waals surface area contributed by atoms with Crippen LogP contribution in [0.3, 0.4) is 0 Å². The van der Waals surface area contributed by atoms with Crippen LogP contribution in [-0.4, -0.2) is 20.7 Å². The molecule has 0 aliphatic heterocycles. The topological polar surface area (TPSA) is 99.1 Å². The summed E-state index contributed by atoms with van der Waals surface area (Å²) in [5.74, 6) is 0.0200. The van der Waals surface area contributed by atoms with E-state index < -0.39 is 0 Å². The van der Waals surface area contributed by atoms with Gasteiger partial charge in [-0.2, -0.15) is 0 Å². The molecule has 0 aromatic carbocycles. The number of hydrogen-bond acceptors (Lipinski definition) is 5. The molecule has 0 radical (unpaired) electrons. The largest absolute Gasteiger partial charge is 0.379 e. The highest BCUT2D eigenvalue weighted by Crippen LogP contribution is 2.04. The Kier molecular flexibility index (Phi) is 1.72. The Morgan fingerprint density at radius 2 is 2.40 bits per heavy atom. The number of nitrogen functional groups attached to an aromatic ring is 1. The molecule has 1 heterocycles. The van der Waals surface area contributed by atoms with E-state index in [0.29, 0.717) is 0 Å². The van der Waals surface area contributed by atoms with Crippen LogP contribution >= 0.6 is 11.6 Å². The third kappa shape index (κ3) is 1.01. The van der Waals surface area contributed by atoms with Gasteiger partial charge in [0.15, 0.2) is 0 Å². The Labute approximate surface area is 60.2 Å². The molecular formula is C3H4ClN4O2+. The maximum Gasteiger partial charge on any atom is 0.349 e. The number of rotatable bonds is 1. The molecule has 4 N–H and O–H groups in total. The van der Waals surface area contributed by atoms with Crippen LogP contribution in [0.4, 0.5) is 5.82 Å². The van der Waals surface area contributed by atoms with Gasteiger partial charge >= 0.3 is 5.17 Å². The van der Waals surface area contributed by atoms with Gasteiger partial charge in [-0.1, -0.05) is 0 Å². The maximum absolute atomic E-state index is 8.25. The first-order chi connectivity index (χ1) is 4.75. The normalized spacial score (nSPS) is 11.9. The summed E-state index contributed by atoms with van der Waals surface area (Å²) in [6.45, 7) is 0. The lowest BCUT2D eigenvalue weighted by Crippen LogP contribution is -2.67. The van der Waals surface area contributed by atoms with Gasteiger partial charge in [0.1, 0.15) is 0 Å². The Morgan fingerprint density at radius 3 is 2.80 bits per heavy atom. The van der Waals surface area contributed by atoms with Crippen molar-refractivity contribution in [2.24, 2.45) is 0 Å². The van der Waals surface area contributed by atoms with E-state index in [1.807, 2.05) is 0 Å². The molecular weight excluding hydrogens is 160 g/mol. The average Bonchev–Trinajstić information content (AvgIpc) is 2.34. The van der Waals surface area contributed by atoms with Gasteiger partial charge < -0.3 is 5.73 Å². The van der Waals surface area contributed by atoms with Crippen molar-refractivity contribution >= 4 is 22.6 Å². The number of nitrogens with two attached hydrogens (primary N) is 1. The second-order valence-electron chi connectivity index (χ2n) is 1.42. The summed E-state index contributed by atoms with van der Waals surface area (Å²) in [7, 11) is 0. The predicted molar refractivity (Wildman–Crippen MR) is 31.4 cm³/mol. The molecule has 0 saturated heterocycles. The molecule has 0 amide bonds. The van der Waals surface area contributed by atoms with E-state index in [4.69, 9.17) is 22.5 Å². The van der Waals surface area contributed by atoms with Crippen LogP contribution in [0, 0.1) is 0 Å². The molecule has 1 aromatic rings. The molecule has 0 atom stereocenters. The van der Waals surface area contributed by atoms with Crippen molar-refractivity contribution < 1.29 is 15.0 Å². The molecule has 1 aromatic heterocycles. The number of hydrogen-bond donors (Lipinski definition) is 3. The standard InChI is InChI=1S/C3H3ClN4O2/c4-2(6-9)1-3(5)8-10-7-1/h9H,(H2,5,8)/p+1/b6-2-. The van der Waals surface area contributed by atoms with Gasteiger partial charge in [0.25, 0.3) is 0 Å². The second kappa shape index (κ2) is 2.53. The fourth-order valence-corrected chi connectivity index (χ4v) is 0.532. The monoisotopic (exact) mass is 163 g/mol. The summed E-state index contributed by atoms with van der Waals surface area (Å²) in [4.78, 5) is 0. The fraction of sp³-hybridized carbons (Fsp3) is 0. The highest BCUT2D eigenvalue weighted by molar-refractivity contribution is 6.67. The zero-order valence-corrected chi connectivity index (χ0v) is 5.46. The maximum atomic E-state index is 8.25. The molecule has 0 saturated carbocycles. The zero-order chi connectivity index (χ0) is 7.56. The van der Waals surface area contributed by atoms with Crippen LogP contribution in [0.15, 0.2) is 4.63 Å². The summed E-state index contributed by atoms with van der Waals surface area (Å²) in [5, 5.41) is 16.3. The number of anilines is 1. The third-order valence-corrected chi connectivity index (χ3v) is 1.08. The molecule has 0 aliphatic rings. The Bertz CT molecular complexity index is 257. The van der Waals surface area contributed by atoms with Crippen molar-refractivity contribution in [2.45, 2.75) is 0 Å². The zero-order valence-electron chi connectivity index (χ0n) is 4.71. The Balaban J connectivity index is 3.05. The molecule has 54 valence electrons. The highest BCUT2D eigenvalue weighted by Gasteiger charge is 2.16. The van der Waals surface area contributed by atoms with Crippen LogP contribution in [0.2, 0.25) is 0 Å². The Morgan fingerprint density at radius 1 is 1.70 bits per heavy atom. The predicted octanol–water partition coefficient (Wildman–Crippen LogP) is -1.89. The van der Waals surface area contributed by atoms with Crippen molar-refractivity contribution in [3.05, 3.63) is 5.69 Å². The lowest BCUT2D eigenvalue weighted by atomic mass is 10.5. The molecule has 0 unspecified atom stereocenters. The summed E-state index contributed by atoms with van der Waals surface area (Å²) in [5.41, 5.74) is 5.28. The summed E-state index contributed by atoms with van der Waals surface area (Å²) < 4.78 is 4.19. The first-order valence-corrected chi connectivity index (χ1v) is 2.64. The van der Waals surface area contributed by atoms with Crippen molar-refractivity contribution in [3.8, 4) is 0 Å². The van der Waals surface area contributed by atoms with Gasteiger partial charge in [0, 0.05) is 0 Å². The van der Waals surface area contributed by atoms with Crippen LogP contribution in [0.1, 0.15) is 5.69 Å². The smallest absolute Gasteiger partial charge is 0.349 e. The lowest BCUT2D eigenvalue weighted by molar-refractivity contribution is -0.735. The highest BCUT2D eigenvalue weighted by atomic mass is 35.5. The summed E-state index contributed by atoms with van der Waals surface area (Å²) >= 11 is 5.35. The minimum Gasteiger partial charge on any atom is -0.379 e. The van der Waals surface area contributed by atoms with Crippen LogP contribution < -0.4 is 10.9 Å². The van der Waals surface area contributed by atoms with E-state index in [2.05, 4.69) is 14.9 Å². The molecule has 0 fully saturated rings. The summed E-state index contributed by atoms with van der Waals surface area (Å²) in [6, 6.07) is 0. The average molecular weight is 164 g/mol. The second-order valence-corrected chi connectivity index (χ2v) is 1.80. The van der Waals surface area contributed by atoms with Gasteiger partial charge in [-0.15, -0.1) is 0 Å². The molecule has 0 bridgehead atoms. The van der Waals surface area contributed by atoms with Crippen molar-refractivity contribution in [3.63, 3.8) is 0 Å². The molecule has 0 spiro atoms. The van der Waals surface area contributed by atoms with Crippen LogP contribution in [0.5, 0.6) is 0 Å². The minimum absolute atomic E-state index is 0.0200. The molecule has 6 nitrogen and oxygen atoms in total. The first kappa shape index (κ1) is 6.81. The number of aromatic nitrogens is 2. The summed E-state index contributed by atoms with van der Waals surface area (Å²) in [6.07, 6.45) is 0. The molecule has 7 heteroatoms. The van der Waals surface area contributed by atoms with Gasteiger partial charge in [-0.3, -0.25) is 5.21 Å². The number of nitrogens with one attached hydrogen (secondary N) is 1. The van der Waals surface area contributed by atoms with Crippen molar-refractivity contribution in [1.29, 1.82) is 0 Å².